The van der Waals surface area contributed by atoms with E-state index in [0.717, 1.165) is 12.8 Å². The highest BCUT2D eigenvalue weighted by atomic mass is 16.1. The lowest BCUT2D eigenvalue weighted by molar-refractivity contribution is -0.125. The van der Waals surface area contributed by atoms with E-state index in [1.807, 2.05) is 26.4 Å². The molecule has 4 rings (SSSR count). The molecule has 1 amide bonds. The topological polar surface area (TPSA) is 46.9 Å². The van der Waals surface area contributed by atoms with Crippen molar-refractivity contribution >= 4 is 5.91 Å². The molecule has 21 heavy (non-hydrogen) atoms. The highest BCUT2D eigenvalue weighted by Gasteiger charge is 2.52. The number of amides is 1. The van der Waals surface area contributed by atoms with Crippen LogP contribution in [0.4, 0.5) is 0 Å². The average Bonchev–Trinajstić information content (AvgIpc) is 2.99. The Balaban J connectivity index is 1.65. The summed E-state index contributed by atoms with van der Waals surface area (Å²) in [6.45, 7) is 3.87. The monoisotopic (exact) mass is 281 g/mol. The number of hydrogen-bond acceptors (Lipinski definition) is 2. The smallest absolute Gasteiger partial charge is 0.222 e. The van der Waals surface area contributed by atoms with Gasteiger partial charge in [0.05, 0.1) is 23.8 Å². The molecule has 2 heterocycles. The van der Waals surface area contributed by atoms with Gasteiger partial charge in [0.1, 0.15) is 0 Å². The van der Waals surface area contributed by atoms with Gasteiger partial charge in [-0.25, -0.2) is 4.98 Å². The Hall–Kier alpha value is -2.10. The lowest BCUT2D eigenvalue weighted by Crippen LogP contribution is -2.56. The fourth-order valence-corrected chi connectivity index (χ4v) is 3.72. The molecule has 0 saturated heterocycles. The second-order valence-corrected chi connectivity index (χ2v) is 6.49. The van der Waals surface area contributed by atoms with Gasteiger partial charge in [-0.05, 0) is 18.4 Å². The lowest BCUT2D eigenvalue weighted by Gasteiger charge is -2.47. The first-order valence-corrected chi connectivity index (χ1v) is 7.55. The predicted molar refractivity (Wildman–Crippen MR) is 80.7 cm³/mol. The van der Waals surface area contributed by atoms with Crippen molar-refractivity contribution in [1.29, 1.82) is 0 Å². The highest BCUT2D eigenvalue weighted by Crippen LogP contribution is 2.54. The minimum absolute atomic E-state index is 0.00263. The van der Waals surface area contributed by atoms with Gasteiger partial charge in [-0.3, -0.25) is 4.79 Å². The van der Waals surface area contributed by atoms with Crippen LogP contribution in [-0.4, -0.2) is 21.5 Å². The number of carbonyl (C=O) groups is 1. The second kappa shape index (κ2) is 4.20. The Bertz CT molecular complexity index is 710. The van der Waals surface area contributed by atoms with Crippen LogP contribution in [-0.2, 0) is 10.3 Å². The molecule has 1 N–H and O–H groups in total. The van der Waals surface area contributed by atoms with Crippen molar-refractivity contribution < 1.29 is 4.79 Å². The van der Waals surface area contributed by atoms with Gasteiger partial charge in [0.2, 0.25) is 5.91 Å². The summed E-state index contributed by atoms with van der Waals surface area (Å²) >= 11 is 0. The molecule has 0 atom stereocenters. The summed E-state index contributed by atoms with van der Waals surface area (Å²) in [4.78, 5) is 16.2. The lowest BCUT2D eigenvalue weighted by atomic mass is 9.68. The molecule has 108 valence electrons. The first-order chi connectivity index (χ1) is 10.1. The molecule has 1 saturated carbocycles. The van der Waals surface area contributed by atoms with Crippen LogP contribution in [0.3, 0.4) is 0 Å². The maximum atomic E-state index is 11.9. The molecule has 1 aromatic heterocycles. The number of imidazole rings is 1. The fourth-order valence-electron chi connectivity index (χ4n) is 3.72. The maximum Gasteiger partial charge on any atom is 0.222 e. The third kappa shape index (κ3) is 1.62. The van der Waals surface area contributed by atoms with Crippen molar-refractivity contribution in [1.82, 2.24) is 14.9 Å². The standard InChI is InChI=1S/C17H19N3O/c1-11(2)16(21)19-12-7-17(8-12)14-6-4-3-5-13(14)15-9-18-10-20(15)17/h3-6,9-12H,7-8H2,1-2H3,(H,19,21). The Morgan fingerprint density at radius 2 is 2.14 bits per heavy atom. The molecule has 1 aliphatic carbocycles. The Morgan fingerprint density at radius 1 is 1.38 bits per heavy atom. The number of hydrogen-bond donors (Lipinski definition) is 1. The van der Waals surface area contributed by atoms with Crippen molar-refractivity contribution in [3.63, 3.8) is 0 Å². The number of fused-ring (bicyclic) bond motifs is 5. The van der Waals surface area contributed by atoms with Crippen molar-refractivity contribution in [2.24, 2.45) is 5.92 Å². The maximum absolute atomic E-state index is 11.9. The summed E-state index contributed by atoms with van der Waals surface area (Å²) in [5.74, 6) is 0.188. The normalized spacial score (nSPS) is 25.6. The van der Waals surface area contributed by atoms with E-state index in [9.17, 15) is 4.79 Å². The summed E-state index contributed by atoms with van der Waals surface area (Å²) < 4.78 is 2.29. The van der Waals surface area contributed by atoms with Crippen molar-refractivity contribution in [3.05, 3.63) is 42.4 Å². The summed E-state index contributed by atoms with van der Waals surface area (Å²) in [6.07, 6.45) is 5.76. The van der Waals surface area contributed by atoms with Gasteiger partial charge < -0.3 is 9.88 Å². The number of carbonyl (C=O) groups excluding carboxylic acids is 1. The predicted octanol–water partition coefficient (Wildman–Crippen LogP) is 2.54. The molecule has 1 aliphatic heterocycles. The third-order valence-electron chi connectivity index (χ3n) is 4.84. The largest absolute Gasteiger partial charge is 0.353 e. The molecule has 0 bridgehead atoms. The van der Waals surface area contributed by atoms with E-state index in [0.29, 0.717) is 0 Å². The van der Waals surface area contributed by atoms with Crippen LogP contribution in [0.5, 0.6) is 0 Å². The van der Waals surface area contributed by atoms with Crippen LogP contribution in [0.25, 0.3) is 11.3 Å². The summed E-state index contributed by atoms with van der Waals surface area (Å²) in [7, 11) is 0. The number of rotatable bonds is 2. The van der Waals surface area contributed by atoms with Gasteiger partial charge in [-0.1, -0.05) is 38.1 Å². The van der Waals surface area contributed by atoms with E-state index in [1.54, 1.807) is 0 Å². The summed E-state index contributed by atoms with van der Waals surface area (Å²) in [5.41, 5.74) is 3.84. The van der Waals surface area contributed by atoms with Crippen molar-refractivity contribution in [2.45, 2.75) is 38.3 Å². The van der Waals surface area contributed by atoms with Crippen molar-refractivity contribution in [3.8, 4) is 11.3 Å². The second-order valence-electron chi connectivity index (χ2n) is 6.49. The minimum atomic E-state index is -0.00263. The molecule has 4 nitrogen and oxygen atoms in total. The SMILES string of the molecule is CC(C)C(=O)NC1CC2(C1)c1ccccc1-c1cncn12. The van der Waals surface area contributed by atoms with Gasteiger partial charge in [-0.15, -0.1) is 0 Å². The molecular weight excluding hydrogens is 262 g/mol. The van der Waals surface area contributed by atoms with Crippen LogP contribution in [0.1, 0.15) is 32.3 Å². The summed E-state index contributed by atoms with van der Waals surface area (Å²) in [5, 5.41) is 3.15. The zero-order valence-corrected chi connectivity index (χ0v) is 12.3. The van der Waals surface area contributed by atoms with E-state index in [4.69, 9.17) is 0 Å². The van der Waals surface area contributed by atoms with Gasteiger partial charge in [0.15, 0.2) is 0 Å². The molecule has 2 aliphatic rings. The quantitative estimate of drug-likeness (QED) is 0.919. The molecular formula is C17H19N3O. The average molecular weight is 281 g/mol. The van der Waals surface area contributed by atoms with Crippen LogP contribution < -0.4 is 5.32 Å². The zero-order chi connectivity index (χ0) is 14.6. The van der Waals surface area contributed by atoms with E-state index in [-0.39, 0.29) is 23.4 Å². The van der Waals surface area contributed by atoms with Gasteiger partial charge in [-0.2, -0.15) is 0 Å². The molecule has 1 spiro atoms. The van der Waals surface area contributed by atoms with E-state index >= 15 is 0 Å². The van der Waals surface area contributed by atoms with Crippen molar-refractivity contribution in [2.75, 3.05) is 0 Å². The van der Waals surface area contributed by atoms with E-state index in [2.05, 4.69) is 39.1 Å². The Kier molecular flexibility index (Phi) is 2.52. The number of aromatic nitrogens is 2. The number of benzene rings is 1. The first kappa shape index (κ1) is 12.6. The highest BCUT2D eigenvalue weighted by molar-refractivity contribution is 5.78. The van der Waals surface area contributed by atoms with E-state index in [1.165, 1.54) is 16.8 Å². The fraction of sp³-hybridized carbons (Fsp3) is 0.412. The molecule has 0 radical (unpaired) electrons. The Labute approximate surface area is 124 Å². The third-order valence-corrected chi connectivity index (χ3v) is 4.84. The van der Waals surface area contributed by atoms with Crippen LogP contribution in [0.15, 0.2) is 36.8 Å². The minimum Gasteiger partial charge on any atom is -0.353 e. The van der Waals surface area contributed by atoms with Crippen LogP contribution in [0, 0.1) is 5.92 Å². The van der Waals surface area contributed by atoms with Crippen LogP contribution >= 0.6 is 0 Å². The molecule has 2 aromatic rings. The number of nitrogens with one attached hydrogen (secondary N) is 1. The number of nitrogens with zero attached hydrogens (tertiary/aromatic N) is 2. The first-order valence-electron chi connectivity index (χ1n) is 7.55. The Morgan fingerprint density at radius 3 is 2.90 bits per heavy atom. The van der Waals surface area contributed by atoms with Gasteiger partial charge >= 0.3 is 0 Å². The molecule has 1 fully saturated rings. The van der Waals surface area contributed by atoms with Crippen LogP contribution in [0.2, 0.25) is 0 Å². The van der Waals surface area contributed by atoms with E-state index < -0.39 is 0 Å². The summed E-state index contributed by atoms with van der Waals surface area (Å²) in [6, 6.07) is 8.81. The molecule has 1 aromatic carbocycles. The van der Waals surface area contributed by atoms with Gasteiger partial charge in [0, 0.05) is 17.5 Å². The molecule has 4 heteroatoms. The van der Waals surface area contributed by atoms with Gasteiger partial charge in [0.25, 0.3) is 0 Å². The molecule has 0 unspecified atom stereocenters. The zero-order valence-electron chi connectivity index (χ0n) is 12.3.